The molecule has 1 N–H and O–H groups in total. The minimum Gasteiger partial charge on any atom is -0.390 e. The van der Waals surface area contributed by atoms with E-state index < -0.39 is 11.7 Å². The second-order valence-corrected chi connectivity index (χ2v) is 7.16. The number of ether oxygens (including phenoxy) is 1. The Labute approximate surface area is 128 Å². The molecule has 3 nitrogen and oxygen atoms in total. The maximum absolute atomic E-state index is 10.7. The fourth-order valence-electron chi connectivity index (χ4n) is 3.19. The van der Waals surface area contributed by atoms with Gasteiger partial charge in [0.05, 0.1) is 11.7 Å². The molecule has 1 aliphatic rings. The first-order valence-corrected chi connectivity index (χ1v) is 8.08. The number of aromatic nitrogens is 1. The molecule has 1 heterocycles. The summed E-state index contributed by atoms with van der Waals surface area (Å²) in [5.74, 6) is 0. The molecule has 2 rings (SSSR count). The molecule has 1 aliphatic carbocycles. The zero-order chi connectivity index (χ0) is 15.5. The van der Waals surface area contributed by atoms with Gasteiger partial charge in [-0.25, -0.2) is 0 Å². The highest BCUT2D eigenvalue weighted by Gasteiger charge is 2.43. The Morgan fingerprint density at radius 3 is 2.38 bits per heavy atom. The average molecular weight is 291 g/mol. The summed E-state index contributed by atoms with van der Waals surface area (Å²) in [5, 5.41) is 10.7. The molecule has 21 heavy (non-hydrogen) atoms. The third-order valence-corrected chi connectivity index (χ3v) is 5.16. The van der Waals surface area contributed by atoms with Crippen LogP contribution in [0.25, 0.3) is 0 Å². The fourth-order valence-corrected chi connectivity index (χ4v) is 3.19. The highest BCUT2D eigenvalue weighted by Crippen LogP contribution is 2.43. The predicted molar refractivity (Wildman–Crippen MR) is 85.3 cm³/mol. The third-order valence-electron chi connectivity index (χ3n) is 5.16. The lowest BCUT2D eigenvalue weighted by atomic mass is 9.68. The SMILES string of the molecule is CCc1ccc(CC(O)C2(OC)CCC(C)(C)CC2)nc1. The monoisotopic (exact) mass is 291 g/mol. The Bertz CT molecular complexity index is 443. The van der Waals surface area contributed by atoms with Crippen LogP contribution in [0.1, 0.15) is 57.7 Å². The van der Waals surface area contributed by atoms with Gasteiger partial charge in [0.25, 0.3) is 0 Å². The van der Waals surface area contributed by atoms with Crippen molar-refractivity contribution in [1.29, 1.82) is 0 Å². The number of methoxy groups -OCH3 is 1. The van der Waals surface area contributed by atoms with Gasteiger partial charge < -0.3 is 9.84 Å². The van der Waals surface area contributed by atoms with Gasteiger partial charge in [-0.05, 0) is 49.1 Å². The number of hydrogen-bond donors (Lipinski definition) is 1. The van der Waals surface area contributed by atoms with E-state index in [2.05, 4.69) is 31.8 Å². The van der Waals surface area contributed by atoms with Crippen LogP contribution in [0.5, 0.6) is 0 Å². The molecule has 0 aliphatic heterocycles. The van der Waals surface area contributed by atoms with E-state index >= 15 is 0 Å². The van der Waals surface area contributed by atoms with Crippen LogP contribution in [0.2, 0.25) is 0 Å². The smallest absolute Gasteiger partial charge is 0.0940 e. The van der Waals surface area contributed by atoms with Crippen molar-refractivity contribution in [2.24, 2.45) is 5.41 Å². The molecule has 118 valence electrons. The van der Waals surface area contributed by atoms with Gasteiger partial charge >= 0.3 is 0 Å². The standard InChI is InChI=1S/C18H29NO2/c1-5-14-6-7-15(19-13-14)12-16(20)18(21-4)10-8-17(2,3)9-11-18/h6-7,13,16,20H,5,8-12H2,1-4H3. The second-order valence-electron chi connectivity index (χ2n) is 7.16. The van der Waals surface area contributed by atoms with E-state index in [-0.39, 0.29) is 0 Å². The summed E-state index contributed by atoms with van der Waals surface area (Å²) < 4.78 is 5.77. The zero-order valence-electron chi connectivity index (χ0n) is 13.9. The van der Waals surface area contributed by atoms with Crippen molar-refractivity contribution in [1.82, 2.24) is 4.98 Å². The minimum atomic E-state index is -0.487. The van der Waals surface area contributed by atoms with Crippen molar-refractivity contribution in [3.8, 4) is 0 Å². The van der Waals surface area contributed by atoms with Crippen LogP contribution in [-0.4, -0.2) is 28.9 Å². The van der Waals surface area contributed by atoms with Gasteiger partial charge in [-0.15, -0.1) is 0 Å². The molecular weight excluding hydrogens is 262 g/mol. The normalized spacial score (nSPS) is 22.0. The molecule has 0 bridgehead atoms. The first kappa shape index (κ1) is 16.4. The number of aryl methyl sites for hydroxylation is 1. The van der Waals surface area contributed by atoms with Gasteiger partial charge in [0.1, 0.15) is 0 Å². The lowest BCUT2D eigenvalue weighted by Gasteiger charge is -2.45. The zero-order valence-corrected chi connectivity index (χ0v) is 13.9. The molecule has 0 aromatic carbocycles. The van der Waals surface area contributed by atoms with Crippen LogP contribution in [0, 0.1) is 5.41 Å². The molecule has 1 unspecified atom stereocenters. The molecule has 1 aromatic rings. The molecule has 0 radical (unpaired) electrons. The van der Waals surface area contributed by atoms with Crippen molar-refractivity contribution in [3.05, 3.63) is 29.6 Å². The van der Waals surface area contributed by atoms with Gasteiger partial charge in [0.15, 0.2) is 0 Å². The Hall–Kier alpha value is -0.930. The van der Waals surface area contributed by atoms with Crippen molar-refractivity contribution >= 4 is 0 Å². The molecule has 0 spiro atoms. The van der Waals surface area contributed by atoms with E-state index in [9.17, 15) is 5.11 Å². The molecule has 3 heteroatoms. The third kappa shape index (κ3) is 3.83. The number of rotatable bonds is 5. The van der Waals surface area contributed by atoms with E-state index in [0.29, 0.717) is 11.8 Å². The first-order valence-electron chi connectivity index (χ1n) is 8.08. The summed E-state index contributed by atoms with van der Waals surface area (Å²) >= 11 is 0. The van der Waals surface area contributed by atoms with Crippen molar-refractivity contribution in [2.75, 3.05) is 7.11 Å². The number of pyridine rings is 1. The molecular formula is C18H29NO2. The van der Waals surface area contributed by atoms with E-state index in [1.54, 1.807) is 7.11 Å². The highest BCUT2D eigenvalue weighted by molar-refractivity contribution is 5.15. The van der Waals surface area contributed by atoms with Crippen LogP contribution in [0.4, 0.5) is 0 Å². The van der Waals surface area contributed by atoms with E-state index in [1.807, 2.05) is 12.3 Å². The van der Waals surface area contributed by atoms with Gasteiger partial charge in [0, 0.05) is 25.4 Å². The van der Waals surface area contributed by atoms with Gasteiger partial charge in [-0.1, -0.05) is 26.8 Å². The van der Waals surface area contributed by atoms with Crippen LogP contribution >= 0.6 is 0 Å². The summed E-state index contributed by atoms with van der Waals surface area (Å²) in [6.45, 7) is 6.71. The van der Waals surface area contributed by atoms with Crippen molar-refractivity contribution in [2.45, 2.75) is 71.0 Å². The Morgan fingerprint density at radius 1 is 1.24 bits per heavy atom. The van der Waals surface area contributed by atoms with Crippen LogP contribution in [0.15, 0.2) is 18.3 Å². The maximum Gasteiger partial charge on any atom is 0.0940 e. The molecule has 1 fully saturated rings. The van der Waals surface area contributed by atoms with Crippen LogP contribution in [-0.2, 0) is 17.6 Å². The van der Waals surface area contributed by atoms with Crippen LogP contribution in [0.3, 0.4) is 0 Å². The molecule has 1 atom stereocenters. The largest absolute Gasteiger partial charge is 0.390 e. The van der Waals surface area contributed by atoms with E-state index in [4.69, 9.17) is 4.74 Å². The molecule has 0 amide bonds. The highest BCUT2D eigenvalue weighted by atomic mass is 16.5. The number of aliphatic hydroxyl groups excluding tert-OH is 1. The van der Waals surface area contributed by atoms with Gasteiger partial charge in [-0.3, -0.25) is 4.98 Å². The van der Waals surface area contributed by atoms with Crippen molar-refractivity contribution < 1.29 is 9.84 Å². The molecule has 0 saturated heterocycles. The average Bonchev–Trinajstić information content (AvgIpc) is 2.48. The Balaban J connectivity index is 2.04. The molecule has 1 saturated carbocycles. The summed E-state index contributed by atoms with van der Waals surface area (Å²) in [7, 11) is 1.73. The maximum atomic E-state index is 10.7. The number of aliphatic hydroxyl groups is 1. The fraction of sp³-hybridized carbons (Fsp3) is 0.722. The van der Waals surface area contributed by atoms with E-state index in [1.165, 1.54) is 5.56 Å². The summed E-state index contributed by atoms with van der Waals surface area (Å²) in [6, 6.07) is 4.12. The lowest BCUT2D eigenvalue weighted by Crippen LogP contribution is -2.49. The summed E-state index contributed by atoms with van der Waals surface area (Å²) in [6.07, 6.45) is 7.02. The number of nitrogens with zero attached hydrogens (tertiary/aromatic N) is 1. The number of hydrogen-bond acceptors (Lipinski definition) is 3. The van der Waals surface area contributed by atoms with Gasteiger partial charge in [-0.2, -0.15) is 0 Å². The second kappa shape index (κ2) is 6.45. The Kier molecular flexibility index (Phi) is 5.05. The summed E-state index contributed by atoms with van der Waals surface area (Å²) in [4.78, 5) is 4.46. The Morgan fingerprint density at radius 2 is 1.90 bits per heavy atom. The minimum absolute atomic E-state index is 0.364. The van der Waals surface area contributed by atoms with Gasteiger partial charge in [0.2, 0.25) is 0 Å². The molecule has 1 aromatic heterocycles. The quantitative estimate of drug-likeness (QED) is 0.902. The van der Waals surface area contributed by atoms with E-state index in [0.717, 1.165) is 37.8 Å². The summed E-state index contributed by atoms with van der Waals surface area (Å²) in [5.41, 5.74) is 2.14. The topological polar surface area (TPSA) is 42.4 Å². The van der Waals surface area contributed by atoms with Crippen molar-refractivity contribution in [3.63, 3.8) is 0 Å². The predicted octanol–water partition coefficient (Wildman–Crippen LogP) is 3.53. The lowest BCUT2D eigenvalue weighted by molar-refractivity contribution is -0.135. The van der Waals surface area contributed by atoms with Crippen LogP contribution < -0.4 is 0 Å². The first-order chi connectivity index (χ1) is 9.91.